The number of methoxy groups -OCH3 is 1. The Bertz CT molecular complexity index is 183. The van der Waals surface area contributed by atoms with Gasteiger partial charge in [-0.25, -0.2) is 0 Å². The van der Waals surface area contributed by atoms with E-state index in [4.69, 9.17) is 9.47 Å². The summed E-state index contributed by atoms with van der Waals surface area (Å²) in [6, 6.07) is -0.188. The lowest BCUT2D eigenvalue weighted by molar-refractivity contribution is -0.143. The molecule has 96 valence electrons. The van der Waals surface area contributed by atoms with E-state index in [0.29, 0.717) is 5.92 Å². The number of hydrogen-bond donors (Lipinski definition) is 1. The molecule has 0 aromatic heterocycles. The largest absolute Gasteiger partial charge is 0.468 e. The fourth-order valence-electron chi connectivity index (χ4n) is 1.47. The van der Waals surface area contributed by atoms with Crippen LogP contribution in [0.1, 0.15) is 33.6 Å². The van der Waals surface area contributed by atoms with Crippen LogP contribution in [0.2, 0.25) is 0 Å². The number of esters is 1. The molecule has 1 atom stereocenters. The Morgan fingerprint density at radius 3 is 2.56 bits per heavy atom. The first-order chi connectivity index (χ1) is 7.61. The van der Waals surface area contributed by atoms with E-state index in [2.05, 4.69) is 19.2 Å². The first kappa shape index (κ1) is 15.4. The van der Waals surface area contributed by atoms with Crippen LogP contribution >= 0.6 is 0 Å². The second-order valence-electron chi connectivity index (χ2n) is 4.21. The Morgan fingerprint density at radius 2 is 2.06 bits per heavy atom. The molecule has 0 heterocycles. The lowest BCUT2D eigenvalue weighted by Crippen LogP contribution is -2.39. The summed E-state index contributed by atoms with van der Waals surface area (Å²) < 4.78 is 9.99. The maximum absolute atomic E-state index is 11.5. The normalized spacial score (nSPS) is 12.8. The van der Waals surface area contributed by atoms with Gasteiger partial charge in [-0.15, -0.1) is 0 Å². The highest BCUT2D eigenvalue weighted by atomic mass is 16.5. The van der Waals surface area contributed by atoms with Gasteiger partial charge in [-0.2, -0.15) is 0 Å². The molecule has 4 nitrogen and oxygen atoms in total. The molecule has 0 aromatic rings. The van der Waals surface area contributed by atoms with E-state index in [-0.39, 0.29) is 12.0 Å². The van der Waals surface area contributed by atoms with Crippen molar-refractivity contribution < 1.29 is 14.3 Å². The fourth-order valence-corrected chi connectivity index (χ4v) is 1.47. The van der Waals surface area contributed by atoms with Gasteiger partial charge >= 0.3 is 5.97 Å². The highest BCUT2D eigenvalue weighted by Crippen LogP contribution is 2.06. The average molecular weight is 231 g/mol. The minimum absolute atomic E-state index is 0.176. The zero-order valence-corrected chi connectivity index (χ0v) is 10.9. The summed E-state index contributed by atoms with van der Waals surface area (Å²) in [5.74, 6) is 0.300. The smallest absolute Gasteiger partial charge is 0.322 e. The van der Waals surface area contributed by atoms with E-state index >= 15 is 0 Å². The SMILES string of the molecule is CCOCCCNC(CC(C)C)C(=O)OC. The van der Waals surface area contributed by atoms with Crippen LogP contribution in [0, 0.1) is 5.92 Å². The Kier molecular flexibility index (Phi) is 9.24. The molecule has 0 rings (SSSR count). The van der Waals surface area contributed by atoms with E-state index in [1.165, 1.54) is 7.11 Å². The predicted molar refractivity (Wildman–Crippen MR) is 64.4 cm³/mol. The van der Waals surface area contributed by atoms with E-state index in [1.54, 1.807) is 0 Å². The van der Waals surface area contributed by atoms with Gasteiger partial charge in [0.25, 0.3) is 0 Å². The Labute approximate surface area is 98.7 Å². The van der Waals surface area contributed by atoms with Gasteiger partial charge in [0, 0.05) is 13.2 Å². The number of carbonyl (C=O) groups is 1. The molecule has 1 unspecified atom stereocenters. The Morgan fingerprint density at radius 1 is 1.38 bits per heavy atom. The van der Waals surface area contributed by atoms with Crippen molar-refractivity contribution >= 4 is 5.97 Å². The molecular weight excluding hydrogens is 206 g/mol. The molecule has 0 aromatic carbocycles. The standard InChI is InChI=1S/C12H25NO3/c1-5-16-8-6-7-13-11(9-10(2)3)12(14)15-4/h10-11,13H,5-9H2,1-4H3. The molecule has 16 heavy (non-hydrogen) atoms. The molecular formula is C12H25NO3. The molecule has 0 bridgehead atoms. The van der Waals surface area contributed by atoms with E-state index in [0.717, 1.165) is 32.6 Å². The number of rotatable bonds is 9. The third kappa shape index (κ3) is 7.65. The molecule has 0 aliphatic heterocycles. The van der Waals surface area contributed by atoms with Crippen molar-refractivity contribution in [1.82, 2.24) is 5.32 Å². The molecule has 0 amide bonds. The summed E-state index contributed by atoms with van der Waals surface area (Å²) in [5, 5.41) is 3.21. The van der Waals surface area contributed by atoms with E-state index < -0.39 is 0 Å². The van der Waals surface area contributed by atoms with Crippen molar-refractivity contribution in [2.45, 2.75) is 39.7 Å². The molecule has 0 radical (unpaired) electrons. The van der Waals surface area contributed by atoms with Gasteiger partial charge in [0.2, 0.25) is 0 Å². The van der Waals surface area contributed by atoms with Gasteiger partial charge in [-0.3, -0.25) is 4.79 Å². The first-order valence-corrected chi connectivity index (χ1v) is 6.00. The summed E-state index contributed by atoms with van der Waals surface area (Å²) in [4.78, 5) is 11.5. The molecule has 0 fully saturated rings. The van der Waals surface area contributed by atoms with Gasteiger partial charge in [-0.05, 0) is 32.2 Å². The molecule has 4 heteroatoms. The molecule has 0 aliphatic rings. The zero-order valence-electron chi connectivity index (χ0n) is 10.9. The van der Waals surface area contributed by atoms with Gasteiger partial charge < -0.3 is 14.8 Å². The van der Waals surface area contributed by atoms with Gasteiger partial charge in [0.15, 0.2) is 0 Å². The van der Waals surface area contributed by atoms with Crippen LogP contribution in [0.15, 0.2) is 0 Å². The quantitative estimate of drug-likeness (QED) is 0.483. The van der Waals surface area contributed by atoms with E-state index in [9.17, 15) is 4.79 Å². The summed E-state index contributed by atoms with van der Waals surface area (Å²) in [6.07, 6.45) is 1.72. The molecule has 1 N–H and O–H groups in total. The van der Waals surface area contributed by atoms with Crippen molar-refractivity contribution in [3.8, 4) is 0 Å². The summed E-state index contributed by atoms with van der Waals surface area (Å²) >= 11 is 0. The highest BCUT2D eigenvalue weighted by molar-refractivity contribution is 5.75. The van der Waals surface area contributed by atoms with Crippen LogP contribution in [-0.2, 0) is 14.3 Å². The predicted octanol–water partition coefficient (Wildman–Crippen LogP) is 1.59. The number of carbonyl (C=O) groups excluding carboxylic acids is 1. The van der Waals surface area contributed by atoms with Crippen LogP contribution in [0.4, 0.5) is 0 Å². The molecule has 0 saturated carbocycles. The highest BCUT2D eigenvalue weighted by Gasteiger charge is 2.19. The average Bonchev–Trinajstić information content (AvgIpc) is 2.25. The molecule has 0 saturated heterocycles. The maximum Gasteiger partial charge on any atom is 0.322 e. The van der Waals surface area contributed by atoms with Crippen LogP contribution < -0.4 is 5.32 Å². The van der Waals surface area contributed by atoms with Crippen molar-refractivity contribution in [1.29, 1.82) is 0 Å². The lowest BCUT2D eigenvalue weighted by Gasteiger charge is -2.18. The van der Waals surface area contributed by atoms with Crippen molar-refractivity contribution in [2.75, 3.05) is 26.9 Å². The van der Waals surface area contributed by atoms with Crippen LogP contribution in [-0.4, -0.2) is 38.9 Å². The van der Waals surface area contributed by atoms with Gasteiger partial charge in [0.1, 0.15) is 6.04 Å². The van der Waals surface area contributed by atoms with Crippen molar-refractivity contribution in [3.63, 3.8) is 0 Å². The van der Waals surface area contributed by atoms with E-state index in [1.807, 2.05) is 6.92 Å². The number of ether oxygens (including phenoxy) is 2. The summed E-state index contributed by atoms with van der Waals surface area (Å²) in [6.45, 7) is 8.43. The summed E-state index contributed by atoms with van der Waals surface area (Å²) in [7, 11) is 1.43. The third-order valence-corrected chi connectivity index (χ3v) is 2.25. The Hall–Kier alpha value is -0.610. The monoisotopic (exact) mass is 231 g/mol. The summed E-state index contributed by atoms with van der Waals surface area (Å²) in [5.41, 5.74) is 0. The molecule has 0 aliphatic carbocycles. The third-order valence-electron chi connectivity index (χ3n) is 2.25. The van der Waals surface area contributed by atoms with Crippen LogP contribution in [0.3, 0.4) is 0 Å². The van der Waals surface area contributed by atoms with Gasteiger partial charge in [0.05, 0.1) is 7.11 Å². The second-order valence-corrected chi connectivity index (χ2v) is 4.21. The fraction of sp³-hybridized carbons (Fsp3) is 0.917. The Balaban J connectivity index is 3.79. The lowest BCUT2D eigenvalue weighted by atomic mass is 10.0. The maximum atomic E-state index is 11.5. The minimum Gasteiger partial charge on any atom is -0.468 e. The van der Waals surface area contributed by atoms with Crippen LogP contribution in [0.5, 0.6) is 0 Å². The topological polar surface area (TPSA) is 47.6 Å². The van der Waals surface area contributed by atoms with Crippen molar-refractivity contribution in [3.05, 3.63) is 0 Å². The molecule has 0 spiro atoms. The minimum atomic E-state index is -0.188. The zero-order chi connectivity index (χ0) is 12.4. The first-order valence-electron chi connectivity index (χ1n) is 6.00. The number of nitrogens with one attached hydrogen (secondary N) is 1. The van der Waals surface area contributed by atoms with Crippen LogP contribution in [0.25, 0.3) is 0 Å². The van der Waals surface area contributed by atoms with Crippen molar-refractivity contribution in [2.24, 2.45) is 5.92 Å². The van der Waals surface area contributed by atoms with Gasteiger partial charge in [-0.1, -0.05) is 13.8 Å². The second kappa shape index (κ2) is 9.60. The number of hydrogen-bond acceptors (Lipinski definition) is 4.